The largest absolute Gasteiger partial charge is 0.256 e. The lowest BCUT2D eigenvalue weighted by Crippen LogP contribution is -1.85. The zero-order valence-electron chi connectivity index (χ0n) is 9.59. The molecule has 0 radical (unpaired) electrons. The molecule has 0 amide bonds. The lowest BCUT2D eigenvalue weighted by Gasteiger charge is -2.02. The molecule has 0 aliphatic rings. The van der Waals surface area contributed by atoms with Crippen LogP contribution in [0, 0.1) is 0 Å². The van der Waals surface area contributed by atoms with Gasteiger partial charge in [0.2, 0.25) is 0 Å². The first kappa shape index (κ1) is 12.6. The number of nitrogens with zero attached hydrogens (tertiary/aromatic N) is 1. The van der Waals surface area contributed by atoms with Gasteiger partial charge < -0.3 is 0 Å². The van der Waals surface area contributed by atoms with E-state index >= 15 is 0 Å². The molecular formula is C13H19N. The van der Waals surface area contributed by atoms with Crippen molar-refractivity contribution in [3.63, 3.8) is 0 Å². The van der Waals surface area contributed by atoms with Crippen LogP contribution < -0.4 is 0 Å². The van der Waals surface area contributed by atoms with E-state index in [4.69, 9.17) is 0 Å². The van der Waals surface area contributed by atoms with Crippen molar-refractivity contribution in [2.45, 2.75) is 27.7 Å². The van der Waals surface area contributed by atoms with Gasteiger partial charge in [-0.3, -0.25) is 4.99 Å². The van der Waals surface area contributed by atoms with Gasteiger partial charge in [0.15, 0.2) is 0 Å². The topological polar surface area (TPSA) is 12.4 Å². The van der Waals surface area contributed by atoms with E-state index in [1.165, 1.54) is 0 Å². The number of aliphatic imine (C=N–C) groups is 1. The third-order valence-electron chi connectivity index (χ3n) is 1.77. The third kappa shape index (κ3) is 4.61. The van der Waals surface area contributed by atoms with Crippen molar-refractivity contribution in [3.8, 4) is 0 Å². The molecule has 0 aromatic rings. The maximum absolute atomic E-state index is 4.34. The monoisotopic (exact) mass is 189 g/mol. The van der Waals surface area contributed by atoms with Crippen LogP contribution in [0.3, 0.4) is 0 Å². The first-order valence-electron chi connectivity index (χ1n) is 4.68. The first-order valence-corrected chi connectivity index (χ1v) is 4.68. The van der Waals surface area contributed by atoms with E-state index in [0.717, 1.165) is 22.4 Å². The van der Waals surface area contributed by atoms with E-state index < -0.39 is 0 Å². The summed E-state index contributed by atoms with van der Waals surface area (Å²) in [6.45, 7) is 15.6. The van der Waals surface area contributed by atoms with Gasteiger partial charge >= 0.3 is 0 Å². The van der Waals surface area contributed by atoms with Crippen LogP contribution in [-0.4, -0.2) is 6.21 Å². The quantitative estimate of drug-likeness (QED) is 0.467. The van der Waals surface area contributed by atoms with Crippen molar-refractivity contribution in [3.05, 3.63) is 47.7 Å². The number of rotatable bonds is 4. The Morgan fingerprint density at radius 1 is 1.14 bits per heavy atom. The minimum atomic E-state index is 0.946. The van der Waals surface area contributed by atoms with E-state index in [1.54, 1.807) is 6.21 Å². The summed E-state index contributed by atoms with van der Waals surface area (Å²) in [7, 11) is 0. The van der Waals surface area contributed by atoms with Gasteiger partial charge in [-0.15, -0.1) is 0 Å². The second-order valence-electron chi connectivity index (χ2n) is 3.40. The highest BCUT2D eigenvalue weighted by Gasteiger charge is 1.96. The predicted octanol–water partition coefficient (Wildman–Crippen LogP) is 4.06. The van der Waals surface area contributed by atoms with E-state index in [0.29, 0.717) is 0 Å². The molecule has 0 heterocycles. The van der Waals surface area contributed by atoms with Gasteiger partial charge in [0.05, 0.1) is 5.70 Å². The zero-order chi connectivity index (χ0) is 11.1. The Hall–Kier alpha value is -1.37. The van der Waals surface area contributed by atoms with E-state index in [-0.39, 0.29) is 0 Å². The van der Waals surface area contributed by atoms with Gasteiger partial charge in [-0.05, 0) is 44.9 Å². The Labute approximate surface area is 87.3 Å². The minimum Gasteiger partial charge on any atom is -0.256 e. The smallest absolute Gasteiger partial charge is 0.0658 e. The van der Waals surface area contributed by atoms with E-state index in [2.05, 4.69) is 18.2 Å². The summed E-state index contributed by atoms with van der Waals surface area (Å²) in [5.41, 5.74) is 4.04. The Bertz CT molecular complexity index is 314. The van der Waals surface area contributed by atoms with Crippen molar-refractivity contribution in [1.29, 1.82) is 0 Å². The van der Waals surface area contributed by atoms with Crippen LogP contribution in [0.15, 0.2) is 52.7 Å². The Morgan fingerprint density at radius 2 is 1.71 bits per heavy atom. The van der Waals surface area contributed by atoms with Gasteiger partial charge in [0.1, 0.15) is 0 Å². The molecule has 0 atom stereocenters. The molecule has 0 unspecified atom stereocenters. The molecular weight excluding hydrogens is 170 g/mol. The SMILES string of the molecule is C=C(C)C=NC(/C=C/C)=C(\C)C(=C)C. The summed E-state index contributed by atoms with van der Waals surface area (Å²) in [6, 6.07) is 0. The minimum absolute atomic E-state index is 0.946. The normalized spacial score (nSPS) is 13.4. The van der Waals surface area contributed by atoms with Gasteiger partial charge in [-0.2, -0.15) is 0 Å². The molecule has 0 fully saturated rings. The summed E-state index contributed by atoms with van der Waals surface area (Å²) in [5, 5.41) is 0. The van der Waals surface area contributed by atoms with Gasteiger partial charge in [-0.1, -0.05) is 24.8 Å². The molecule has 0 rings (SSSR count). The molecule has 76 valence electrons. The van der Waals surface area contributed by atoms with Crippen LogP contribution in [0.25, 0.3) is 0 Å². The van der Waals surface area contributed by atoms with Crippen LogP contribution in [-0.2, 0) is 0 Å². The molecule has 0 aromatic carbocycles. The fraction of sp³-hybridized carbons (Fsp3) is 0.308. The molecule has 0 saturated heterocycles. The van der Waals surface area contributed by atoms with Gasteiger partial charge in [0, 0.05) is 6.21 Å². The predicted molar refractivity (Wildman–Crippen MR) is 65.6 cm³/mol. The van der Waals surface area contributed by atoms with Crippen LogP contribution in [0.4, 0.5) is 0 Å². The summed E-state index contributed by atoms with van der Waals surface area (Å²) in [4.78, 5) is 4.34. The van der Waals surface area contributed by atoms with Gasteiger partial charge in [0.25, 0.3) is 0 Å². The Morgan fingerprint density at radius 3 is 2.07 bits per heavy atom. The van der Waals surface area contributed by atoms with Crippen LogP contribution in [0.2, 0.25) is 0 Å². The van der Waals surface area contributed by atoms with Crippen LogP contribution in [0.5, 0.6) is 0 Å². The fourth-order valence-electron chi connectivity index (χ4n) is 0.821. The molecule has 0 N–H and O–H groups in total. The molecule has 0 aromatic heterocycles. The van der Waals surface area contributed by atoms with Crippen molar-refractivity contribution in [1.82, 2.24) is 0 Å². The number of hydrogen-bond acceptors (Lipinski definition) is 1. The summed E-state index contributed by atoms with van der Waals surface area (Å²) >= 11 is 0. The number of allylic oxidation sites excluding steroid dienone is 5. The average molecular weight is 189 g/mol. The third-order valence-corrected chi connectivity index (χ3v) is 1.77. The Kier molecular flexibility index (Phi) is 5.54. The van der Waals surface area contributed by atoms with Crippen LogP contribution >= 0.6 is 0 Å². The Balaban J connectivity index is 5.04. The highest BCUT2D eigenvalue weighted by atomic mass is 14.7. The summed E-state index contributed by atoms with van der Waals surface area (Å²) < 4.78 is 0. The number of hydrogen-bond donors (Lipinski definition) is 0. The van der Waals surface area contributed by atoms with Crippen molar-refractivity contribution < 1.29 is 0 Å². The van der Waals surface area contributed by atoms with E-state index in [9.17, 15) is 0 Å². The molecule has 0 aliphatic heterocycles. The van der Waals surface area contributed by atoms with Crippen molar-refractivity contribution in [2.75, 3.05) is 0 Å². The van der Waals surface area contributed by atoms with Crippen LogP contribution in [0.1, 0.15) is 27.7 Å². The lowest BCUT2D eigenvalue weighted by molar-refractivity contribution is 1.25. The standard InChI is InChI=1S/C13H19N/c1-7-8-13(12(6)11(4)5)14-9-10(2)3/h7-9H,2,4H2,1,3,5-6H3/b8-7+,13-12+,14-9?. The molecule has 0 spiro atoms. The average Bonchev–Trinajstić information content (AvgIpc) is 2.10. The molecule has 14 heavy (non-hydrogen) atoms. The second kappa shape index (κ2) is 6.14. The van der Waals surface area contributed by atoms with E-state index in [1.807, 2.05) is 39.8 Å². The molecule has 0 bridgehead atoms. The maximum atomic E-state index is 4.34. The first-order chi connectivity index (χ1) is 6.49. The molecule has 1 nitrogen and oxygen atoms in total. The highest BCUT2D eigenvalue weighted by Crippen LogP contribution is 2.14. The fourth-order valence-corrected chi connectivity index (χ4v) is 0.821. The highest BCUT2D eigenvalue weighted by molar-refractivity contribution is 5.78. The second-order valence-corrected chi connectivity index (χ2v) is 3.40. The molecule has 1 heteroatoms. The lowest BCUT2D eigenvalue weighted by atomic mass is 10.1. The summed E-state index contributed by atoms with van der Waals surface area (Å²) in [6.07, 6.45) is 5.71. The molecule has 0 aliphatic carbocycles. The summed E-state index contributed by atoms with van der Waals surface area (Å²) in [5.74, 6) is 0. The maximum Gasteiger partial charge on any atom is 0.0658 e. The van der Waals surface area contributed by atoms with Crippen molar-refractivity contribution in [2.24, 2.45) is 4.99 Å². The van der Waals surface area contributed by atoms with Gasteiger partial charge in [-0.25, -0.2) is 0 Å². The zero-order valence-corrected chi connectivity index (χ0v) is 9.59. The molecule has 0 saturated carbocycles. The van der Waals surface area contributed by atoms with Crippen molar-refractivity contribution >= 4 is 6.21 Å².